The van der Waals surface area contributed by atoms with Gasteiger partial charge in [-0.25, -0.2) is 9.59 Å². The SMILES string of the molecule is Cc1ccc(CC(NC(=O)OCC2c3ccccc3-c3ccccc32)C(=O)O)cc1Br. The van der Waals surface area contributed by atoms with Gasteiger partial charge in [-0.3, -0.25) is 0 Å². The molecule has 0 saturated carbocycles. The lowest BCUT2D eigenvalue weighted by Gasteiger charge is -2.18. The highest BCUT2D eigenvalue weighted by Crippen LogP contribution is 2.44. The van der Waals surface area contributed by atoms with Crippen LogP contribution in [0.25, 0.3) is 11.1 Å². The molecule has 1 amide bonds. The predicted molar refractivity (Wildman–Crippen MR) is 122 cm³/mol. The Bertz CT molecular complexity index is 1100. The first-order valence-electron chi connectivity index (χ1n) is 10.0. The molecule has 0 bridgehead atoms. The van der Waals surface area contributed by atoms with Crippen molar-refractivity contribution in [3.8, 4) is 11.1 Å². The molecule has 0 aromatic heterocycles. The Morgan fingerprint density at radius 1 is 1.03 bits per heavy atom. The summed E-state index contributed by atoms with van der Waals surface area (Å²) in [6.45, 7) is 2.10. The number of carbonyl (C=O) groups excluding carboxylic acids is 1. The van der Waals surface area contributed by atoms with Crippen LogP contribution in [-0.4, -0.2) is 29.8 Å². The largest absolute Gasteiger partial charge is 0.480 e. The average molecular weight is 480 g/mol. The first-order chi connectivity index (χ1) is 14.9. The predicted octanol–water partition coefficient (Wildman–Crippen LogP) is 5.29. The van der Waals surface area contributed by atoms with Crippen molar-refractivity contribution in [1.82, 2.24) is 5.32 Å². The van der Waals surface area contributed by atoms with Crippen molar-refractivity contribution < 1.29 is 19.4 Å². The van der Waals surface area contributed by atoms with Gasteiger partial charge in [0.1, 0.15) is 12.6 Å². The van der Waals surface area contributed by atoms with Gasteiger partial charge in [0.2, 0.25) is 0 Å². The highest BCUT2D eigenvalue weighted by Gasteiger charge is 2.29. The lowest BCUT2D eigenvalue weighted by atomic mass is 9.98. The second kappa shape index (κ2) is 8.94. The fraction of sp³-hybridized carbons (Fsp3) is 0.200. The third-order valence-corrected chi connectivity index (χ3v) is 6.46. The summed E-state index contributed by atoms with van der Waals surface area (Å²) in [5, 5.41) is 12.1. The zero-order valence-electron chi connectivity index (χ0n) is 17.0. The number of aryl methyl sites for hydroxylation is 1. The van der Waals surface area contributed by atoms with Crippen LogP contribution in [0, 0.1) is 6.92 Å². The maximum Gasteiger partial charge on any atom is 0.407 e. The van der Waals surface area contributed by atoms with E-state index in [0.29, 0.717) is 0 Å². The van der Waals surface area contributed by atoms with Gasteiger partial charge in [0.15, 0.2) is 0 Å². The van der Waals surface area contributed by atoms with E-state index in [4.69, 9.17) is 4.74 Å². The van der Waals surface area contributed by atoms with E-state index in [1.807, 2.05) is 61.5 Å². The fourth-order valence-corrected chi connectivity index (χ4v) is 4.41. The summed E-state index contributed by atoms with van der Waals surface area (Å²) in [4.78, 5) is 24.1. The van der Waals surface area contributed by atoms with Gasteiger partial charge in [-0.2, -0.15) is 0 Å². The molecule has 31 heavy (non-hydrogen) atoms. The van der Waals surface area contributed by atoms with E-state index in [0.717, 1.165) is 37.9 Å². The molecule has 2 N–H and O–H groups in total. The molecular formula is C25H22BrNO4. The molecule has 5 nitrogen and oxygen atoms in total. The Kier molecular flexibility index (Phi) is 6.09. The molecule has 4 rings (SSSR count). The standard InChI is InChI=1S/C25H22BrNO4/c1-15-10-11-16(12-22(15)26)13-23(24(28)29)27-25(30)31-14-21-19-8-4-2-6-17(19)18-7-3-5-9-20(18)21/h2-12,21,23H,13-14H2,1H3,(H,27,30)(H,28,29). The Morgan fingerprint density at radius 2 is 1.65 bits per heavy atom. The van der Waals surface area contributed by atoms with Gasteiger partial charge in [0.05, 0.1) is 0 Å². The van der Waals surface area contributed by atoms with Crippen molar-refractivity contribution in [3.05, 3.63) is 93.5 Å². The number of nitrogens with one attached hydrogen (secondary N) is 1. The Hall–Kier alpha value is -3.12. The van der Waals surface area contributed by atoms with E-state index in [2.05, 4.69) is 33.4 Å². The molecule has 3 aromatic rings. The molecule has 0 saturated heterocycles. The quantitative estimate of drug-likeness (QED) is 0.503. The molecule has 0 radical (unpaired) electrons. The van der Waals surface area contributed by atoms with Crippen molar-refractivity contribution in [2.24, 2.45) is 0 Å². The molecule has 0 spiro atoms. The van der Waals surface area contributed by atoms with Crippen LogP contribution >= 0.6 is 15.9 Å². The molecule has 0 fully saturated rings. The number of carboxylic acid groups (broad SMARTS) is 1. The monoisotopic (exact) mass is 479 g/mol. The van der Waals surface area contributed by atoms with Crippen LogP contribution in [0.2, 0.25) is 0 Å². The Morgan fingerprint density at radius 3 is 2.23 bits per heavy atom. The van der Waals surface area contributed by atoms with Crippen LogP contribution in [0.4, 0.5) is 4.79 Å². The number of amides is 1. The molecule has 1 unspecified atom stereocenters. The molecule has 1 aliphatic rings. The number of ether oxygens (including phenoxy) is 1. The zero-order valence-corrected chi connectivity index (χ0v) is 18.6. The average Bonchev–Trinajstić information content (AvgIpc) is 3.08. The minimum absolute atomic E-state index is 0.0746. The number of rotatable bonds is 6. The summed E-state index contributed by atoms with van der Waals surface area (Å²) >= 11 is 3.45. The van der Waals surface area contributed by atoms with E-state index < -0.39 is 18.1 Å². The second-order valence-electron chi connectivity index (χ2n) is 7.65. The molecule has 3 aromatic carbocycles. The van der Waals surface area contributed by atoms with Crippen LogP contribution in [-0.2, 0) is 16.0 Å². The van der Waals surface area contributed by atoms with Crippen molar-refractivity contribution >= 4 is 28.0 Å². The number of aliphatic carboxylic acids is 1. The molecule has 6 heteroatoms. The van der Waals surface area contributed by atoms with Crippen LogP contribution in [0.5, 0.6) is 0 Å². The van der Waals surface area contributed by atoms with E-state index in [-0.39, 0.29) is 18.9 Å². The van der Waals surface area contributed by atoms with Gasteiger partial charge in [-0.05, 0) is 46.4 Å². The van der Waals surface area contributed by atoms with Crippen LogP contribution in [0.3, 0.4) is 0 Å². The van der Waals surface area contributed by atoms with Crippen LogP contribution in [0.15, 0.2) is 71.2 Å². The lowest BCUT2D eigenvalue weighted by Crippen LogP contribution is -2.42. The summed E-state index contributed by atoms with van der Waals surface area (Å²) in [5.74, 6) is -1.18. The van der Waals surface area contributed by atoms with E-state index in [9.17, 15) is 14.7 Å². The molecule has 1 aliphatic carbocycles. The number of alkyl carbamates (subject to hydrolysis) is 1. The maximum absolute atomic E-state index is 12.4. The van der Waals surface area contributed by atoms with E-state index in [1.165, 1.54) is 0 Å². The summed E-state index contributed by atoms with van der Waals surface area (Å²) in [6.07, 6.45) is -0.571. The number of carboxylic acids is 1. The minimum Gasteiger partial charge on any atom is -0.480 e. The summed E-state index contributed by atoms with van der Waals surface area (Å²) < 4.78 is 6.38. The highest BCUT2D eigenvalue weighted by molar-refractivity contribution is 9.10. The first-order valence-corrected chi connectivity index (χ1v) is 10.8. The van der Waals surface area contributed by atoms with Crippen molar-refractivity contribution in [2.45, 2.75) is 25.3 Å². The Labute approximate surface area is 189 Å². The van der Waals surface area contributed by atoms with Crippen LogP contribution in [0.1, 0.15) is 28.2 Å². The first kappa shape index (κ1) is 21.1. The van der Waals surface area contributed by atoms with Gasteiger partial charge in [0, 0.05) is 16.8 Å². The minimum atomic E-state index is -1.11. The van der Waals surface area contributed by atoms with Crippen molar-refractivity contribution in [1.29, 1.82) is 0 Å². The van der Waals surface area contributed by atoms with Gasteiger partial charge < -0.3 is 15.2 Å². The third kappa shape index (κ3) is 4.49. The van der Waals surface area contributed by atoms with E-state index >= 15 is 0 Å². The second-order valence-corrected chi connectivity index (χ2v) is 8.50. The molecule has 0 aliphatic heterocycles. The molecular weight excluding hydrogens is 458 g/mol. The van der Waals surface area contributed by atoms with Gasteiger partial charge in [-0.15, -0.1) is 0 Å². The number of benzene rings is 3. The summed E-state index contributed by atoms with van der Waals surface area (Å²) in [7, 11) is 0. The topological polar surface area (TPSA) is 75.6 Å². The maximum atomic E-state index is 12.4. The number of hydrogen-bond acceptors (Lipinski definition) is 3. The normalized spacial score (nSPS) is 13.2. The number of halogens is 1. The van der Waals surface area contributed by atoms with Gasteiger partial charge in [0.25, 0.3) is 0 Å². The van der Waals surface area contributed by atoms with Crippen molar-refractivity contribution in [2.75, 3.05) is 6.61 Å². The number of carbonyl (C=O) groups is 2. The number of hydrogen-bond donors (Lipinski definition) is 2. The third-order valence-electron chi connectivity index (χ3n) is 5.61. The molecule has 158 valence electrons. The Balaban J connectivity index is 1.43. The van der Waals surface area contributed by atoms with Crippen molar-refractivity contribution in [3.63, 3.8) is 0 Å². The zero-order chi connectivity index (χ0) is 22.0. The fourth-order valence-electron chi connectivity index (χ4n) is 3.98. The lowest BCUT2D eigenvalue weighted by molar-refractivity contribution is -0.139. The summed E-state index contributed by atoms with van der Waals surface area (Å²) in [6, 6.07) is 20.7. The summed E-state index contributed by atoms with van der Waals surface area (Å²) in [5.41, 5.74) is 6.36. The molecule has 0 heterocycles. The smallest absolute Gasteiger partial charge is 0.407 e. The molecule has 1 atom stereocenters. The van der Waals surface area contributed by atoms with Crippen LogP contribution < -0.4 is 5.32 Å². The highest BCUT2D eigenvalue weighted by atomic mass is 79.9. The number of fused-ring (bicyclic) bond motifs is 3. The van der Waals surface area contributed by atoms with Gasteiger partial charge >= 0.3 is 12.1 Å². The van der Waals surface area contributed by atoms with Gasteiger partial charge in [-0.1, -0.05) is 76.6 Å². The van der Waals surface area contributed by atoms with E-state index in [1.54, 1.807) is 0 Å².